The van der Waals surface area contributed by atoms with Crippen molar-refractivity contribution < 1.29 is 0 Å². The maximum atomic E-state index is 5.61. The predicted molar refractivity (Wildman–Crippen MR) is 403 cm³/mol. The molecule has 6 nitrogen and oxygen atoms in total. The van der Waals surface area contributed by atoms with Crippen molar-refractivity contribution in [3.8, 4) is 0 Å². The van der Waals surface area contributed by atoms with Crippen molar-refractivity contribution in [2.24, 2.45) is 5.73 Å². The van der Waals surface area contributed by atoms with Crippen molar-refractivity contribution in [3.63, 3.8) is 0 Å². The van der Waals surface area contributed by atoms with E-state index in [1.807, 2.05) is 121 Å². The summed E-state index contributed by atoms with van der Waals surface area (Å²) < 4.78 is 0. The van der Waals surface area contributed by atoms with Gasteiger partial charge in [0.05, 0.1) is 0 Å². The number of anilines is 2. The number of nitrogen functional groups attached to an aromatic ring is 2. The molecular formula is C81H140N6. The summed E-state index contributed by atoms with van der Waals surface area (Å²) in [6, 6.07) is 34.5. The molecule has 0 bridgehead atoms. The Labute approximate surface area is 541 Å². The van der Waals surface area contributed by atoms with E-state index in [2.05, 4.69) is 232 Å². The molecule has 0 saturated heterocycles. The van der Waals surface area contributed by atoms with Gasteiger partial charge in [0.2, 0.25) is 0 Å². The number of fused-ring (bicyclic) bond motifs is 2. The molecule has 0 unspecified atom stereocenters. The fourth-order valence-corrected chi connectivity index (χ4v) is 9.15. The molecule has 8 rings (SSSR count). The summed E-state index contributed by atoms with van der Waals surface area (Å²) in [5.74, 6) is 4.81. The topological polar surface area (TPSA) is 116 Å². The van der Waals surface area contributed by atoms with Gasteiger partial charge in [-0.15, -0.1) is 0 Å². The van der Waals surface area contributed by atoms with Gasteiger partial charge in [0.1, 0.15) is 11.6 Å². The lowest BCUT2D eigenvalue weighted by molar-refractivity contribution is 0.764. The van der Waals surface area contributed by atoms with Crippen LogP contribution in [0.5, 0.6) is 0 Å². The summed E-state index contributed by atoms with van der Waals surface area (Å²) >= 11 is 0. The molecule has 2 aromatic heterocycles. The number of nitrogens with two attached hydrogens (primary N) is 3. The van der Waals surface area contributed by atoms with E-state index in [9.17, 15) is 0 Å². The van der Waals surface area contributed by atoms with Crippen LogP contribution in [0.4, 0.5) is 11.6 Å². The summed E-state index contributed by atoms with van der Waals surface area (Å²) in [4.78, 5) is 8.12. The Morgan fingerprint density at radius 1 is 0.368 bits per heavy atom. The van der Waals surface area contributed by atoms with Gasteiger partial charge in [0.25, 0.3) is 0 Å². The largest absolute Gasteiger partial charge is 0.384 e. The summed E-state index contributed by atoms with van der Waals surface area (Å²) in [7, 11) is 0. The van der Waals surface area contributed by atoms with E-state index in [0.29, 0.717) is 53.7 Å². The zero-order valence-electron chi connectivity index (χ0n) is 62.1. The van der Waals surface area contributed by atoms with E-state index < -0.39 is 0 Å². The van der Waals surface area contributed by atoms with Crippen molar-refractivity contribution in [3.05, 3.63) is 198 Å². The Balaban J connectivity index is -0.000000217. The van der Waals surface area contributed by atoms with Gasteiger partial charge in [0, 0.05) is 37.4 Å². The van der Waals surface area contributed by atoms with E-state index in [0.717, 1.165) is 23.9 Å². The fourth-order valence-electron chi connectivity index (χ4n) is 9.15. The first kappa shape index (κ1) is 92.3. The van der Waals surface area contributed by atoms with Crippen LogP contribution in [0.3, 0.4) is 0 Å². The zero-order chi connectivity index (χ0) is 68.0. The second-order valence-corrected chi connectivity index (χ2v) is 21.7. The van der Waals surface area contributed by atoms with Gasteiger partial charge >= 0.3 is 0 Å². The monoisotopic (exact) mass is 1200 g/mol. The van der Waals surface area contributed by atoms with Crippen LogP contribution in [0.25, 0.3) is 10.8 Å². The van der Waals surface area contributed by atoms with E-state index in [-0.39, 0.29) is 7.43 Å². The number of aryl methyl sites for hydroxylation is 5. The molecule has 0 atom stereocenters. The molecule has 3 heterocycles. The molecule has 494 valence electrons. The third-order valence-corrected chi connectivity index (χ3v) is 13.8. The van der Waals surface area contributed by atoms with Crippen molar-refractivity contribution >= 4 is 22.4 Å². The number of hydrogen-bond donors (Lipinski definition) is 4. The van der Waals surface area contributed by atoms with Crippen LogP contribution in [0.15, 0.2) is 109 Å². The van der Waals surface area contributed by atoms with Crippen LogP contribution < -0.4 is 22.5 Å². The van der Waals surface area contributed by atoms with Crippen LogP contribution in [0.1, 0.15) is 312 Å². The second kappa shape index (κ2) is 54.3. The first-order valence-corrected chi connectivity index (χ1v) is 33.5. The number of rotatable bonds is 7. The smallest absolute Gasteiger partial charge is 0.123 e. The molecule has 7 aromatic rings. The van der Waals surface area contributed by atoms with Crippen molar-refractivity contribution in [1.82, 2.24) is 15.3 Å². The van der Waals surface area contributed by atoms with Gasteiger partial charge in [-0.25, -0.2) is 9.97 Å². The highest BCUT2D eigenvalue weighted by Crippen LogP contribution is 2.27. The molecule has 6 heteroatoms. The third-order valence-electron chi connectivity index (χ3n) is 13.8. The third kappa shape index (κ3) is 35.1. The summed E-state index contributed by atoms with van der Waals surface area (Å²) in [6.45, 7) is 72.5. The molecule has 1 aliphatic rings. The lowest BCUT2D eigenvalue weighted by Crippen LogP contribution is -1.99. The number of nitrogens with one attached hydrogen (secondary N) is 1. The van der Waals surface area contributed by atoms with E-state index in [1.165, 1.54) is 89.0 Å². The summed E-state index contributed by atoms with van der Waals surface area (Å²) in [5.41, 5.74) is 39.1. The van der Waals surface area contributed by atoms with Gasteiger partial charge in [-0.1, -0.05) is 266 Å². The summed E-state index contributed by atoms with van der Waals surface area (Å²) in [5, 5.41) is 5.69. The first-order valence-electron chi connectivity index (χ1n) is 33.5. The Hall–Kier alpha value is -5.82. The molecule has 0 saturated carbocycles. The molecule has 0 aliphatic carbocycles. The minimum Gasteiger partial charge on any atom is -0.384 e. The number of hydrogen-bond acceptors (Lipinski definition) is 6. The Kier molecular flexibility index (Phi) is 57.7. The molecule has 0 radical (unpaired) electrons. The first-order chi connectivity index (χ1) is 40.9. The number of pyridine rings is 2. The minimum absolute atomic E-state index is 0. The van der Waals surface area contributed by atoms with Crippen LogP contribution in [0, 0.1) is 48.5 Å². The van der Waals surface area contributed by atoms with Gasteiger partial charge in [-0.2, -0.15) is 0 Å². The quantitative estimate of drug-likeness (QED) is 0.126. The molecular weight excluding hydrogens is 1060 g/mol. The lowest BCUT2D eigenvalue weighted by atomic mass is 9.94. The highest BCUT2D eigenvalue weighted by molar-refractivity contribution is 5.84. The number of benzene rings is 5. The van der Waals surface area contributed by atoms with Crippen molar-refractivity contribution in [2.75, 3.05) is 11.5 Å². The van der Waals surface area contributed by atoms with Crippen molar-refractivity contribution in [2.45, 2.75) is 291 Å². The average molecular weight is 1200 g/mol. The normalized spacial score (nSPS) is 10.0. The summed E-state index contributed by atoms with van der Waals surface area (Å²) in [6.07, 6.45) is 3.69. The predicted octanol–water partition coefficient (Wildman–Crippen LogP) is 25.0. The lowest BCUT2D eigenvalue weighted by Gasteiger charge is -2.11. The zero-order valence-corrected chi connectivity index (χ0v) is 62.1. The van der Waals surface area contributed by atoms with E-state index in [1.54, 1.807) is 0 Å². The molecule has 0 spiro atoms. The molecule has 0 fully saturated rings. The second-order valence-electron chi connectivity index (χ2n) is 21.7. The SMILES string of the molecule is C.CC.CC.CC.CC.CC.CC.CC.CC(C)c1ccc2cc(N)ncc2c1.Cc1cc(CN)ccc1C(C)C.Cc1cc(N)ncc1C(C)C.Cc1cc2c(cc1C(C)C)CNC2.Cc1cccc(C(C)C)c1C.Cc1cccc(C(C)C)c1C. The van der Waals surface area contributed by atoms with Crippen LogP contribution >= 0.6 is 0 Å². The molecule has 7 N–H and O–H groups in total. The molecule has 87 heavy (non-hydrogen) atoms. The molecule has 1 aliphatic heterocycles. The average Bonchev–Trinajstić information content (AvgIpc) is 4.27. The minimum atomic E-state index is 0. The maximum absolute atomic E-state index is 5.61. The van der Waals surface area contributed by atoms with E-state index >= 15 is 0 Å². The van der Waals surface area contributed by atoms with Crippen LogP contribution in [-0.4, -0.2) is 9.97 Å². The Morgan fingerprint density at radius 2 is 0.759 bits per heavy atom. The van der Waals surface area contributed by atoms with Crippen LogP contribution in [-0.2, 0) is 19.6 Å². The Bertz CT molecular complexity index is 2720. The molecule has 0 amide bonds. The van der Waals surface area contributed by atoms with Crippen molar-refractivity contribution in [1.29, 1.82) is 0 Å². The van der Waals surface area contributed by atoms with Gasteiger partial charge in [0.15, 0.2) is 0 Å². The maximum Gasteiger partial charge on any atom is 0.123 e. The fraction of sp³-hybridized carbons (Fsp3) is 0.531. The Morgan fingerprint density at radius 3 is 1.14 bits per heavy atom. The standard InChI is InChI=1S/C12H14N2.C12H17N.C11H17N.2C11H16.C9H14N2.7C2H6.CH4/c1-8(2)9-3-4-10-6-12(13)14-7-11(10)5-9;1-8(2)12-5-11-7-13-6-10(11)4-9(12)3;1-8(2)11-5-4-10(7-12)6-9(11)3;2*1-8(2)11-7-5-6-9(3)10(11)4;1-6(2)8-5-11-9(10)4-7(8)3;7*1-2;/h3-8H,1-2H3,(H2,13,14);4-5,8,13H,6-7H2,1-3H3;4-6,8H,7,12H2,1-3H3;2*5-8H,1-4H3;4-6H,1-3H3,(H2,10,11);7*1-2H3;1H4. The molecule has 5 aromatic carbocycles. The van der Waals surface area contributed by atoms with Crippen LogP contribution in [0.2, 0.25) is 0 Å². The van der Waals surface area contributed by atoms with E-state index in [4.69, 9.17) is 17.2 Å². The highest BCUT2D eigenvalue weighted by Gasteiger charge is 2.14. The van der Waals surface area contributed by atoms with Gasteiger partial charge < -0.3 is 22.5 Å². The highest BCUT2D eigenvalue weighted by atomic mass is 14.9. The number of nitrogens with zero attached hydrogens (tertiary/aromatic N) is 2. The van der Waals surface area contributed by atoms with Gasteiger partial charge in [-0.05, 0) is 197 Å². The van der Waals surface area contributed by atoms with Gasteiger partial charge in [-0.3, -0.25) is 0 Å². The number of aromatic nitrogens is 2.